The van der Waals surface area contributed by atoms with E-state index in [-0.39, 0.29) is 0 Å². The highest BCUT2D eigenvalue weighted by Gasteiger charge is 2.12. The number of thiazole rings is 1. The Morgan fingerprint density at radius 2 is 2.04 bits per heavy atom. The molecule has 0 aliphatic heterocycles. The fraction of sp³-hybridized carbons (Fsp3) is 0.105. The number of rotatable bonds is 5. The Balaban J connectivity index is 2.20. The van der Waals surface area contributed by atoms with Crippen molar-refractivity contribution in [1.82, 2.24) is 9.66 Å². The second-order valence-electron chi connectivity index (χ2n) is 5.39. The molecule has 0 aliphatic carbocycles. The van der Waals surface area contributed by atoms with Crippen molar-refractivity contribution < 1.29 is 0 Å². The molecule has 2 heterocycles. The summed E-state index contributed by atoms with van der Waals surface area (Å²) in [7, 11) is 0. The number of halogens is 2. The largest absolute Gasteiger partial charge is 0.265 e. The van der Waals surface area contributed by atoms with Crippen LogP contribution in [0.25, 0.3) is 11.3 Å². The van der Waals surface area contributed by atoms with E-state index in [1.54, 1.807) is 35.3 Å². The number of hydrogen-bond donors (Lipinski definition) is 0. The monoisotopic (exact) mass is 402 g/mol. The third kappa shape index (κ3) is 4.12. The summed E-state index contributed by atoms with van der Waals surface area (Å²) >= 11 is 14.1. The van der Waals surface area contributed by atoms with Crippen LogP contribution in [0.2, 0.25) is 10.0 Å². The first-order chi connectivity index (χ1) is 12.6. The molecule has 0 spiro atoms. The first kappa shape index (κ1) is 18.6. The highest BCUT2D eigenvalue weighted by molar-refractivity contribution is 7.07. The molecule has 1 aromatic carbocycles. The SMILES string of the molecule is C=CCN=c1scc(-c2cc(Cl)ccc2Cl)n1N=C(C)c1ccncc1. The smallest absolute Gasteiger partial charge is 0.206 e. The molecular weight excluding hydrogens is 387 g/mol. The molecule has 4 nitrogen and oxygen atoms in total. The summed E-state index contributed by atoms with van der Waals surface area (Å²) in [5, 5.41) is 7.97. The van der Waals surface area contributed by atoms with Crippen LogP contribution < -0.4 is 4.80 Å². The maximum atomic E-state index is 6.40. The Labute approximate surface area is 165 Å². The van der Waals surface area contributed by atoms with Gasteiger partial charge in [0.2, 0.25) is 4.80 Å². The molecule has 0 unspecified atom stereocenters. The quantitative estimate of drug-likeness (QED) is 0.422. The molecule has 0 saturated carbocycles. The number of benzene rings is 1. The Kier molecular flexibility index (Phi) is 6.04. The molecule has 3 aromatic rings. The van der Waals surface area contributed by atoms with Crippen LogP contribution in [-0.4, -0.2) is 21.9 Å². The summed E-state index contributed by atoms with van der Waals surface area (Å²) in [6.45, 7) is 6.18. The van der Waals surface area contributed by atoms with Gasteiger partial charge in [-0.3, -0.25) is 9.98 Å². The molecule has 0 atom stereocenters. The minimum atomic E-state index is 0.507. The molecule has 132 valence electrons. The average molecular weight is 403 g/mol. The van der Waals surface area contributed by atoms with E-state index in [0.29, 0.717) is 16.6 Å². The summed E-state index contributed by atoms with van der Waals surface area (Å²) in [5.41, 5.74) is 3.46. The van der Waals surface area contributed by atoms with Crippen molar-refractivity contribution in [3.05, 3.63) is 81.2 Å². The predicted molar refractivity (Wildman–Crippen MR) is 110 cm³/mol. The molecule has 3 rings (SSSR count). The van der Waals surface area contributed by atoms with Gasteiger partial charge >= 0.3 is 0 Å². The molecule has 0 bridgehead atoms. The Hall–Kier alpha value is -2.21. The molecule has 26 heavy (non-hydrogen) atoms. The minimum Gasteiger partial charge on any atom is -0.265 e. The molecule has 0 radical (unpaired) electrons. The van der Waals surface area contributed by atoms with Crippen molar-refractivity contribution >= 4 is 40.3 Å². The maximum absolute atomic E-state index is 6.40. The molecule has 0 aliphatic rings. The van der Waals surface area contributed by atoms with Crippen LogP contribution in [0.15, 0.2) is 70.9 Å². The van der Waals surface area contributed by atoms with E-state index in [1.165, 1.54) is 11.3 Å². The zero-order valence-corrected chi connectivity index (χ0v) is 16.4. The summed E-state index contributed by atoms with van der Waals surface area (Å²) in [5.74, 6) is 0. The summed E-state index contributed by atoms with van der Waals surface area (Å²) in [4.78, 5) is 9.34. The van der Waals surface area contributed by atoms with Crippen LogP contribution >= 0.6 is 34.5 Å². The first-order valence-corrected chi connectivity index (χ1v) is 9.47. The molecule has 2 aromatic heterocycles. The van der Waals surface area contributed by atoms with E-state index >= 15 is 0 Å². The summed E-state index contributed by atoms with van der Waals surface area (Å²) < 4.78 is 1.79. The molecule has 0 amide bonds. The lowest BCUT2D eigenvalue weighted by molar-refractivity contribution is 0.834. The highest BCUT2D eigenvalue weighted by Crippen LogP contribution is 2.31. The van der Waals surface area contributed by atoms with Gasteiger partial charge < -0.3 is 0 Å². The first-order valence-electron chi connectivity index (χ1n) is 7.83. The van der Waals surface area contributed by atoms with E-state index in [4.69, 9.17) is 28.3 Å². The van der Waals surface area contributed by atoms with Crippen LogP contribution in [0, 0.1) is 0 Å². The van der Waals surface area contributed by atoms with Crippen LogP contribution in [0.5, 0.6) is 0 Å². The fourth-order valence-electron chi connectivity index (χ4n) is 2.33. The van der Waals surface area contributed by atoms with Gasteiger partial charge in [-0.05, 0) is 37.3 Å². The zero-order valence-electron chi connectivity index (χ0n) is 14.1. The second-order valence-corrected chi connectivity index (χ2v) is 7.07. The van der Waals surface area contributed by atoms with Gasteiger partial charge in [0.25, 0.3) is 0 Å². The zero-order chi connectivity index (χ0) is 18.5. The lowest BCUT2D eigenvalue weighted by atomic mass is 10.2. The van der Waals surface area contributed by atoms with E-state index in [2.05, 4.69) is 16.6 Å². The standard InChI is InChI=1S/C19H16Cl2N4S/c1-3-8-23-19-25(24-13(2)14-6-9-22-10-7-14)18(12-26-19)16-11-15(20)4-5-17(16)21/h3-7,9-12H,1,8H2,2H3. The number of aromatic nitrogens is 2. The van der Waals surface area contributed by atoms with E-state index < -0.39 is 0 Å². The van der Waals surface area contributed by atoms with Gasteiger partial charge in [-0.15, -0.1) is 17.9 Å². The predicted octanol–water partition coefficient (Wildman–Crippen LogP) is 5.28. The Morgan fingerprint density at radius 3 is 2.77 bits per heavy atom. The van der Waals surface area contributed by atoms with Crippen molar-refractivity contribution in [2.45, 2.75) is 6.92 Å². The van der Waals surface area contributed by atoms with Crippen molar-refractivity contribution in [2.24, 2.45) is 10.1 Å². The topological polar surface area (TPSA) is 42.5 Å². The van der Waals surface area contributed by atoms with E-state index in [9.17, 15) is 0 Å². The minimum absolute atomic E-state index is 0.507. The third-order valence-electron chi connectivity index (χ3n) is 3.59. The van der Waals surface area contributed by atoms with Gasteiger partial charge in [-0.1, -0.05) is 29.3 Å². The highest BCUT2D eigenvalue weighted by atomic mass is 35.5. The molecule has 0 N–H and O–H groups in total. The normalized spacial score (nSPS) is 12.4. The number of hydrogen-bond acceptors (Lipinski definition) is 4. The van der Waals surface area contributed by atoms with Gasteiger partial charge in [0.1, 0.15) is 0 Å². The maximum Gasteiger partial charge on any atom is 0.206 e. The number of nitrogens with zero attached hydrogens (tertiary/aromatic N) is 4. The third-order valence-corrected chi connectivity index (χ3v) is 5.01. The lowest BCUT2D eigenvalue weighted by Gasteiger charge is -2.08. The van der Waals surface area contributed by atoms with Gasteiger partial charge in [0.15, 0.2) is 0 Å². The van der Waals surface area contributed by atoms with Crippen molar-refractivity contribution in [1.29, 1.82) is 0 Å². The van der Waals surface area contributed by atoms with Crippen LogP contribution in [-0.2, 0) is 0 Å². The van der Waals surface area contributed by atoms with Crippen LogP contribution in [0.3, 0.4) is 0 Å². The molecule has 0 saturated heterocycles. The fourth-order valence-corrected chi connectivity index (χ4v) is 3.55. The Bertz CT molecular complexity index is 1020. The lowest BCUT2D eigenvalue weighted by Crippen LogP contribution is -2.14. The summed E-state index contributed by atoms with van der Waals surface area (Å²) in [6, 6.07) is 9.20. The van der Waals surface area contributed by atoms with Gasteiger partial charge in [0.05, 0.1) is 23.0 Å². The molecule has 7 heteroatoms. The molecule has 0 fully saturated rings. The van der Waals surface area contributed by atoms with Gasteiger partial charge in [-0.25, -0.2) is 4.68 Å². The van der Waals surface area contributed by atoms with E-state index in [0.717, 1.165) is 27.3 Å². The molecular formula is C19H16Cl2N4S. The van der Waals surface area contributed by atoms with Crippen molar-refractivity contribution in [3.63, 3.8) is 0 Å². The second kappa shape index (κ2) is 8.45. The van der Waals surface area contributed by atoms with Gasteiger partial charge in [0, 0.05) is 33.9 Å². The number of pyridine rings is 1. The summed E-state index contributed by atoms with van der Waals surface area (Å²) in [6.07, 6.45) is 5.23. The van der Waals surface area contributed by atoms with Crippen molar-refractivity contribution in [2.75, 3.05) is 6.54 Å². The van der Waals surface area contributed by atoms with Crippen LogP contribution in [0.4, 0.5) is 0 Å². The van der Waals surface area contributed by atoms with E-state index in [1.807, 2.05) is 30.5 Å². The average Bonchev–Trinajstić information content (AvgIpc) is 3.05. The van der Waals surface area contributed by atoms with Crippen molar-refractivity contribution in [3.8, 4) is 11.3 Å². The van der Waals surface area contributed by atoms with Crippen LogP contribution in [0.1, 0.15) is 12.5 Å². The Morgan fingerprint density at radius 1 is 1.27 bits per heavy atom. The van der Waals surface area contributed by atoms with Gasteiger partial charge in [-0.2, -0.15) is 5.10 Å².